The van der Waals surface area contributed by atoms with E-state index in [0.29, 0.717) is 17.7 Å². The number of hydrogen-bond acceptors (Lipinski definition) is 5. The van der Waals surface area contributed by atoms with E-state index in [0.717, 1.165) is 25.9 Å². The lowest BCUT2D eigenvalue weighted by atomic mass is 10.2. The summed E-state index contributed by atoms with van der Waals surface area (Å²) in [7, 11) is 4.15. The van der Waals surface area contributed by atoms with Crippen molar-refractivity contribution < 1.29 is 0 Å². The Hall–Kier alpha value is -1.69. The van der Waals surface area contributed by atoms with E-state index in [1.807, 2.05) is 0 Å². The van der Waals surface area contributed by atoms with Crippen LogP contribution in [0.5, 0.6) is 0 Å². The molecule has 2 rings (SSSR count). The lowest BCUT2D eigenvalue weighted by Gasteiger charge is -2.27. The Labute approximate surface area is 107 Å². The number of likely N-dealkylation sites (N-methyl/N-ethyl adjacent to an activating group) is 1. The smallest absolute Gasteiger partial charge is 0.226 e. The van der Waals surface area contributed by atoms with Gasteiger partial charge in [-0.25, -0.2) is 9.97 Å². The van der Waals surface area contributed by atoms with Crippen LogP contribution < -0.4 is 10.6 Å². The van der Waals surface area contributed by atoms with Crippen LogP contribution in [0, 0.1) is 5.41 Å². The van der Waals surface area contributed by atoms with Crippen molar-refractivity contribution in [1.82, 2.24) is 14.9 Å². The van der Waals surface area contributed by atoms with Crippen molar-refractivity contribution in [2.75, 3.05) is 32.1 Å². The number of aromatic nitrogens is 2. The van der Waals surface area contributed by atoms with Gasteiger partial charge in [0, 0.05) is 25.3 Å². The van der Waals surface area contributed by atoms with Gasteiger partial charge in [-0.15, -0.1) is 0 Å². The first-order chi connectivity index (χ1) is 8.58. The fourth-order valence-electron chi connectivity index (χ4n) is 2.35. The molecule has 1 unspecified atom stereocenters. The first kappa shape index (κ1) is 12.8. The molecule has 1 aromatic rings. The number of anilines is 1. The molecule has 0 radical (unpaired) electrons. The Morgan fingerprint density at radius 1 is 1.61 bits per heavy atom. The summed E-state index contributed by atoms with van der Waals surface area (Å²) in [6, 6.07) is 2.12. The van der Waals surface area contributed by atoms with E-state index in [1.54, 1.807) is 12.3 Å². The van der Waals surface area contributed by atoms with Gasteiger partial charge in [0.1, 0.15) is 11.5 Å². The van der Waals surface area contributed by atoms with Gasteiger partial charge in [-0.3, -0.25) is 5.41 Å². The summed E-state index contributed by atoms with van der Waals surface area (Å²) in [5.41, 5.74) is 5.96. The molecule has 18 heavy (non-hydrogen) atoms. The van der Waals surface area contributed by atoms with Crippen LogP contribution in [0.2, 0.25) is 0 Å². The molecule has 0 spiro atoms. The molecular formula is C12H20N6. The highest BCUT2D eigenvalue weighted by atomic mass is 15.3. The zero-order chi connectivity index (χ0) is 13.1. The molecule has 6 heteroatoms. The van der Waals surface area contributed by atoms with E-state index in [9.17, 15) is 0 Å². The first-order valence-corrected chi connectivity index (χ1v) is 6.16. The van der Waals surface area contributed by atoms with E-state index in [-0.39, 0.29) is 5.84 Å². The molecule has 0 aliphatic carbocycles. The van der Waals surface area contributed by atoms with Crippen molar-refractivity contribution in [2.45, 2.75) is 18.9 Å². The summed E-state index contributed by atoms with van der Waals surface area (Å²) in [6.45, 7) is 1.97. The van der Waals surface area contributed by atoms with Crippen LogP contribution in [0.1, 0.15) is 18.5 Å². The Balaban J connectivity index is 2.19. The number of rotatable bonds is 4. The van der Waals surface area contributed by atoms with Crippen molar-refractivity contribution in [3.63, 3.8) is 0 Å². The highest BCUT2D eigenvalue weighted by Gasteiger charge is 2.27. The second-order valence-corrected chi connectivity index (χ2v) is 4.91. The Bertz CT molecular complexity index is 430. The maximum atomic E-state index is 7.43. The molecule has 3 N–H and O–H groups in total. The van der Waals surface area contributed by atoms with E-state index < -0.39 is 0 Å². The molecule has 0 bridgehead atoms. The molecule has 1 aromatic heterocycles. The SMILES string of the molecule is CN(C)CC1CCCN1c1nccc(C(=N)N)n1. The zero-order valence-corrected chi connectivity index (χ0v) is 10.9. The minimum absolute atomic E-state index is 0.0120. The van der Waals surface area contributed by atoms with E-state index in [2.05, 4.69) is 33.9 Å². The van der Waals surface area contributed by atoms with E-state index in [4.69, 9.17) is 11.1 Å². The van der Waals surface area contributed by atoms with Gasteiger partial charge in [0.25, 0.3) is 0 Å². The van der Waals surface area contributed by atoms with Crippen molar-refractivity contribution in [3.05, 3.63) is 18.0 Å². The molecule has 1 saturated heterocycles. The summed E-state index contributed by atoms with van der Waals surface area (Å²) < 4.78 is 0. The monoisotopic (exact) mass is 248 g/mol. The molecular weight excluding hydrogens is 228 g/mol. The molecule has 0 amide bonds. The maximum Gasteiger partial charge on any atom is 0.226 e. The van der Waals surface area contributed by atoms with Crippen LogP contribution in [-0.4, -0.2) is 53.9 Å². The minimum Gasteiger partial charge on any atom is -0.382 e. The molecule has 6 nitrogen and oxygen atoms in total. The fraction of sp³-hybridized carbons (Fsp3) is 0.583. The van der Waals surface area contributed by atoms with Gasteiger partial charge in [0.15, 0.2) is 0 Å². The van der Waals surface area contributed by atoms with Gasteiger partial charge in [-0.2, -0.15) is 0 Å². The number of amidine groups is 1. The van der Waals surface area contributed by atoms with Crippen LogP contribution in [-0.2, 0) is 0 Å². The third-order valence-corrected chi connectivity index (χ3v) is 3.13. The molecule has 98 valence electrons. The Kier molecular flexibility index (Phi) is 3.76. The lowest BCUT2D eigenvalue weighted by Crippen LogP contribution is -2.38. The number of hydrogen-bond donors (Lipinski definition) is 2. The fourth-order valence-corrected chi connectivity index (χ4v) is 2.35. The van der Waals surface area contributed by atoms with Gasteiger partial charge < -0.3 is 15.5 Å². The van der Waals surface area contributed by atoms with Crippen LogP contribution in [0.15, 0.2) is 12.3 Å². The molecule has 0 saturated carbocycles. The summed E-state index contributed by atoms with van der Waals surface area (Å²) in [6.07, 6.45) is 3.99. The summed E-state index contributed by atoms with van der Waals surface area (Å²) in [4.78, 5) is 13.1. The molecule has 2 heterocycles. The minimum atomic E-state index is -0.0120. The van der Waals surface area contributed by atoms with Gasteiger partial charge in [0.2, 0.25) is 5.95 Å². The summed E-state index contributed by atoms with van der Waals surface area (Å²) in [5, 5.41) is 7.43. The maximum absolute atomic E-state index is 7.43. The average Bonchev–Trinajstić information content (AvgIpc) is 2.76. The highest BCUT2D eigenvalue weighted by Crippen LogP contribution is 2.22. The average molecular weight is 248 g/mol. The van der Waals surface area contributed by atoms with E-state index >= 15 is 0 Å². The Morgan fingerprint density at radius 2 is 2.39 bits per heavy atom. The van der Waals surface area contributed by atoms with Gasteiger partial charge in [0.05, 0.1) is 0 Å². The summed E-state index contributed by atoms with van der Waals surface area (Å²) >= 11 is 0. The quantitative estimate of drug-likeness (QED) is 0.591. The lowest BCUT2D eigenvalue weighted by molar-refractivity contribution is 0.371. The molecule has 1 aliphatic heterocycles. The predicted octanol–water partition coefficient (Wildman–Crippen LogP) is 0.291. The van der Waals surface area contributed by atoms with Gasteiger partial charge >= 0.3 is 0 Å². The number of nitrogens with zero attached hydrogens (tertiary/aromatic N) is 4. The zero-order valence-electron chi connectivity index (χ0n) is 10.9. The third kappa shape index (κ3) is 2.76. The molecule has 1 atom stereocenters. The largest absolute Gasteiger partial charge is 0.382 e. The normalized spacial score (nSPS) is 19.5. The van der Waals surface area contributed by atoms with Crippen LogP contribution >= 0.6 is 0 Å². The Morgan fingerprint density at radius 3 is 3.06 bits per heavy atom. The third-order valence-electron chi connectivity index (χ3n) is 3.13. The molecule has 0 aromatic carbocycles. The van der Waals surface area contributed by atoms with Crippen molar-refractivity contribution in [2.24, 2.45) is 5.73 Å². The van der Waals surface area contributed by atoms with Crippen molar-refractivity contribution in [1.29, 1.82) is 5.41 Å². The standard InChI is InChI=1S/C12H20N6/c1-17(2)8-9-4-3-7-18(9)12-15-6-5-10(16-12)11(13)14/h5-6,9H,3-4,7-8H2,1-2H3,(H3,13,14). The summed E-state index contributed by atoms with van der Waals surface area (Å²) in [5.74, 6) is 0.675. The first-order valence-electron chi connectivity index (χ1n) is 6.16. The highest BCUT2D eigenvalue weighted by molar-refractivity contribution is 5.93. The van der Waals surface area contributed by atoms with Gasteiger partial charge in [-0.05, 0) is 33.0 Å². The van der Waals surface area contributed by atoms with E-state index in [1.165, 1.54) is 0 Å². The number of nitrogen functional groups attached to an aromatic ring is 1. The predicted molar refractivity (Wildman–Crippen MR) is 72.0 cm³/mol. The second-order valence-electron chi connectivity index (χ2n) is 4.91. The van der Waals surface area contributed by atoms with Crippen LogP contribution in [0.4, 0.5) is 5.95 Å². The second kappa shape index (κ2) is 5.30. The number of nitrogens with one attached hydrogen (secondary N) is 1. The molecule has 1 fully saturated rings. The van der Waals surface area contributed by atoms with Crippen LogP contribution in [0.3, 0.4) is 0 Å². The topological polar surface area (TPSA) is 82.1 Å². The number of nitrogens with two attached hydrogens (primary N) is 1. The molecule has 1 aliphatic rings. The van der Waals surface area contributed by atoms with Gasteiger partial charge in [-0.1, -0.05) is 0 Å². The van der Waals surface area contributed by atoms with Crippen LogP contribution in [0.25, 0.3) is 0 Å². The van der Waals surface area contributed by atoms with Crippen molar-refractivity contribution in [3.8, 4) is 0 Å². The van der Waals surface area contributed by atoms with Crippen molar-refractivity contribution >= 4 is 11.8 Å².